The van der Waals surface area contributed by atoms with Crippen molar-refractivity contribution in [2.75, 3.05) is 13.1 Å². The Bertz CT molecular complexity index is 901. The zero-order valence-corrected chi connectivity index (χ0v) is 17.3. The zero-order chi connectivity index (χ0) is 20.8. The highest BCUT2D eigenvalue weighted by molar-refractivity contribution is 7.89. The summed E-state index contributed by atoms with van der Waals surface area (Å²) in [4.78, 5) is 12.1. The third-order valence-electron chi connectivity index (χ3n) is 4.32. The zero-order valence-electron chi connectivity index (χ0n) is 16.5. The highest BCUT2D eigenvalue weighted by Gasteiger charge is 2.17. The lowest BCUT2D eigenvalue weighted by Gasteiger charge is -2.19. The van der Waals surface area contributed by atoms with Gasteiger partial charge in [-0.3, -0.25) is 4.79 Å². The fourth-order valence-electron chi connectivity index (χ4n) is 2.66. The number of benzene rings is 2. The minimum absolute atomic E-state index is 0.0291. The van der Waals surface area contributed by atoms with Gasteiger partial charge in [-0.2, -0.15) is 0 Å². The third kappa shape index (κ3) is 6.65. The molecule has 0 radical (unpaired) electrons. The third-order valence-corrected chi connectivity index (χ3v) is 5.80. The van der Waals surface area contributed by atoms with Crippen molar-refractivity contribution >= 4 is 15.9 Å². The van der Waals surface area contributed by atoms with Crippen LogP contribution in [-0.4, -0.2) is 32.5 Å². The van der Waals surface area contributed by atoms with Gasteiger partial charge in [0.05, 0.1) is 4.90 Å². The molecule has 28 heavy (non-hydrogen) atoms. The minimum atomic E-state index is -3.64. The van der Waals surface area contributed by atoms with E-state index in [1.807, 2.05) is 18.2 Å². The van der Waals surface area contributed by atoms with Gasteiger partial charge in [-0.15, -0.1) is 0 Å². The van der Waals surface area contributed by atoms with E-state index < -0.39 is 10.0 Å². The molecule has 0 aliphatic rings. The standard InChI is InChI=1S/C21H28N2O4S/c1-21(2,3)17-7-9-19(10-8-17)28(26,27)23-14-12-20(25)22-13-11-16-5-4-6-18(24)15-16/h4-10,15,23-24H,11-14H2,1-3H3,(H,22,25). The Morgan fingerprint density at radius 2 is 1.71 bits per heavy atom. The molecule has 0 fully saturated rings. The van der Waals surface area contributed by atoms with Crippen molar-refractivity contribution in [2.45, 2.75) is 43.9 Å². The van der Waals surface area contributed by atoms with E-state index in [0.29, 0.717) is 13.0 Å². The normalized spacial score (nSPS) is 12.0. The fraction of sp³-hybridized carbons (Fsp3) is 0.381. The van der Waals surface area contributed by atoms with Crippen LogP contribution in [0.1, 0.15) is 38.3 Å². The molecule has 0 bridgehead atoms. The maximum absolute atomic E-state index is 12.3. The Kier molecular flexibility index (Phi) is 7.21. The van der Waals surface area contributed by atoms with Crippen LogP contribution >= 0.6 is 0 Å². The highest BCUT2D eigenvalue weighted by Crippen LogP contribution is 2.23. The number of nitrogens with one attached hydrogen (secondary N) is 2. The largest absolute Gasteiger partial charge is 0.508 e. The SMILES string of the molecule is CC(C)(C)c1ccc(S(=O)(=O)NCCC(=O)NCCc2cccc(O)c2)cc1. The maximum atomic E-state index is 12.3. The average Bonchev–Trinajstić information content (AvgIpc) is 2.61. The van der Waals surface area contributed by atoms with Gasteiger partial charge in [-0.05, 0) is 47.2 Å². The second kappa shape index (κ2) is 9.21. The van der Waals surface area contributed by atoms with E-state index in [2.05, 4.69) is 30.8 Å². The molecule has 7 heteroatoms. The molecule has 152 valence electrons. The molecule has 0 aliphatic heterocycles. The Labute approximate surface area is 167 Å². The molecule has 0 atom stereocenters. The number of aromatic hydroxyl groups is 1. The van der Waals surface area contributed by atoms with Crippen molar-refractivity contribution in [1.82, 2.24) is 10.0 Å². The molecule has 0 unspecified atom stereocenters. The molecule has 0 aromatic heterocycles. The lowest BCUT2D eigenvalue weighted by atomic mass is 9.87. The summed E-state index contributed by atoms with van der Waals surface area (Å²) in [7, 11) is -3.64. The topological polar surface area (TPSA) is 95.5 Å². The summed E-state index contributed by atoms with van der Waals surface area (Å²) < 4.78 is 27.1. The van der Waals surface area contributed by atoms with Crippen LogP contribution in [-0.2, 0) is 26.7 Å². The predicted molar refractivity (Wildman–Crippen MR) is 110 cm³/mol. The second-order valence-corrected chi connectivity index (χ2v) is 9.46. The van der Waals surface area contributed by atoms with Crippen LogP contribution in [0.15, 0.2) is 53.4 Å². The molecule has 0 aliphatic carbocycles. The van der Waals surface area contributed by atoms with Crippen molar-refractivity contribution in [1.29, 1.82) is 0 Å². The molecular weight excluding hydrogens is 376 g/mol. The first-order valence-electron chi connectivity index (χ1n) is 9.23. The van der Waals surface area contributed by atoms with Crippen molar-refractivity contribution in [2.24, 2.45) is 0 Å². The summed E-state index contributed by atoms with van der Waals surface area (Å²) in [6.45, 7) is 6.64. The Morgan fingerprint density at radius 1 is 1.04 bits per heavy atom. The van der Waals surface area contributed by atoms with Crippen LogP contribution in [0, 0.1) is 0 Å². The predicted octanol–water partition coefficient (Wildman–Crippen LogP) is 2.72. The summed E-state index contributed by atoms with van der Waals surface area (Å²) in [5.74, 6) is -0.0419. The smallest absolute Gasteiger partial charge is 0.240 e. The molecule has 6 nitrogen and oxygen atoms in total. The van der Waals surface area contributed by atoms with Crippen molar-refractivity contribution in [3.8, 4) is 5.75 Å². The molecule has 2 aromatic rings. The van der Waals surface area contributed by atoms with E-state index in [9.17, 15) is 18.3 Å². The van der Waals surface area contributed by atoms with E-state index in [1.54, 1.807) is 30.3 Å². The van der Waals surface area contributed by atoms with Crippen LogP contribution in [0.3, 0.4) is 0 Å². The van der Waals surface area contributed by atoms with Crippen LogP contribution in [0.25, 0.3) is 0 Å². The quantitative estimate of drug-likeness (QED) is 0.630. The summed E-state index contributed by atoms with van der Waals surface area (Å²) in [6, 6.07) is 13.6. The molecule has 2 aromatic carbocycles. The number of carbonyl (C=O) groups is 1. The lowest BCUT2D eigenvalue weighted by molar-refractivity contribution is -0.120. The Morgan fingerprint density at radius 3 is 2.32 bits per heavy atom. The van der Waals surface area contributed by atoms with Gasteiger partial charge in [-0.1, -0.05) is 45.0 Å². The van der Waals surface area contributed by atoms with Gasteiger partial charge in [0.25, 0.3) is 0 Å². The van der Waals surface area contributed by atoms with Gasteiger partial charge in [0, 0.05) is 19.5 Å². The summed E-state index contributed by atoms with van der Waals surface area (Å²) in [6.07, 6.45) is 0.644. The van der Waals surface area contributed by atoms with Gasteiger partial charge in [0.2, 0.25) is 15.9 Å². The van der Waals surface area contributed by atoms with Gasteiger partial charge in [0.1, 0.15) is 5.75 Å². The number of rotatable bonds is 8. The lowest BCUT2D eigenvalue weighted by Crippen LogP contribution is -2.31. The number of sulfonamides is 1. The fourth-order valence-corrected chi connectivity index (χ4v) is 3.69. The molecule has 1 amide bonds. The first kappa shape index (κ1) is 21.9. The Hall–Kier alpha value is -2.38. The van der Waals surface area contributed by atoms with Crippen molar-refractivity contribution < 1.29 is 18.3 Å². The maximum Gasteiger partial charge on any atom is 0.240 e. The number of hydrogen-bond acceptors (Lipinski definition) is 4. The average molecular weight is 405 g/mol. The minimum Gasteiger partial charge on any atom is -0.508 e. The van der Waals surface area contributed by atoms with Crippen LogP contribution in [0.2, 0.25) is 0 Å². The second-order valence-electron chi connectivity index (χ2n) is 7.69. The van der Waals surface area contributed by atoms with Crippen molar-refractivity contribution in [3.63, 3.8) is 0 Å². The molecule has 2 rings (SSSR count). The summed E-state index contributed by atoms with van der Waals surface area (Å²) in [5.41, 5.74) is 1.92. The number of phenols is 1. The highest BCUT2D eigenvalue weighted by atomic mass is 32.2. The first-order valence-corrected chi connectivity index (χ1v) is 10.7. The van der Waals surface area contributed by atoms with E-state index in [0.717, 1.165) is 11.1 Å². The van der Waals surface area contributed by atoms with Gasteiger partial charge in [-0.25, -0.2) is 13.1 Å². The van der Waals surface area contributed by atoms with Gasteiger partial charge >= 0.3 is 0 Å². The first-order chi connectivity index (χ1) is 13.1. The monoisotopic (exact) mass is 404 g/mol. The number of carbonyl (C=O) groups excluding carboxylic acids is 1. The van der Waals surface area contributed by atoms with Crippen LogP contribution in [0.4, 0.5) is 0 Å². The molecular formula is C21H28N2O4S. The van der Waals surface area contributed by atoms with Gasteiger partial charge < -0.3 is 10.4 Å². The van der Waals surface area contributed by atoms with Gasteiger partial charge in [0.15, 0.2) is 0 Å². The molecule has 0 saturated carbocycles. The molecule has 0 saturated heterocycles. The number of phenolic OH excluding ortho intramolecular Hbond substituents is 1. The molecule has 0 heterocycles. The summed E-state index contributed by atoms with van der Waals surface area (Å²) >= 11 is 0. The van der Waals surface area contributed by atoms with E-state index in [4.69, 9.17) is 0 Å². The van der Waals surface area contributed by atoms with E-state index in [-0.39, 0.29) is 34.9 Å². The molecule has 0 spiro atoms. The van der Waals surface area contributed by atoms with E-state index >= 15 is 0 Å². The van der Waals surface area contributed by atoms with Crippen LogP contribution in [0.5, 0.6) is 5.75 Å². The van der Waals surface area contributed by atoms with E-state index in [1.165, 1.54) is 0 Å². The van der Waals surface area contributed by atoms with Crippen LogP contribution < -0.4 is 10.0 Å². The molecule has 3 N–H and O–H groups in total. The Balaban J connectivity index is 1.77. The van der Waals surface area contributed by atoms with Crippen molar-refractivity contribution in [3.05, 3.63) is 59.7 Å². The number of hydrogen-bond donors (Lipinski definition) is 3. The number of amides is 1. The summed E-state index contributed by atoms with van der Waals surface area (Å²) in [5, 5.41) is 12.2.